The standard InChI is InChI=1S/C16H26O3Si/c1-12(2)18-20(19-13(3)4,15-10-17-11-15)16-9-7-6-8-14(16)5/h6-9,12-13,15H,10-11H2,1-5H3. The van der Waals surface area contributed by atoms with E-state index in [9.17, 15) is 0 Å². The van der Waals surface area contributed by atoms with Gasteiger partial charge in [0.25, 0.3) is 0 Å². The molecule has 1 aromatic rings. The number of benzene rings is 1. The minimum atomic E-state index is -2.48. The predicted molar refractivity (Wildman–Crippen MR) is 83.6 cm³/mol. The average molecular weight is 294 g/mol. The first kappa shape index (κ1) is 15.7. The lowest BCUT2D eigenvalue weighted by Gasteiger charge is -2.44. The molecule has 3 nitrogen and oxygen atoms in total. The van der Waals surface area contributed by atoms with Gasteiger partial charge in [0.15, 0.2) is 0 Å². The third-order valence-corrected chi connectivity index (χ3v) is 7.88. The van der Waals surface area contributed by atoms with Crippen molar-refractivity contribution in [3.63, 3.8) is 0 Å². The predicted octanol–water partition coefficient (Wildman–Crippen LogP) is 2.89. The molecule has 1 fully saturated rings. The molecule has 0 spiro atoms. The molecule has 2 rings (SSSR count). The molecule has 0 N–H and O–H groups in total. The molecule has 0 amide bonds. The minimum Gasteiger partial charge on any atom is -0.388 e. The molecule has 1 heterocycles. The van der Waals surface area contributed by atoms with Gasteiger partial charge in [-0.15, -0.1) is 0 Å². The molecule has 1 saturated heterocycles. The maximum absolute atomic E-state index is 6.46. The van der Waals surface area contributed by atoms with Gasteiger partial charge in [0.05, 0.1) is 18.8 Å². The Labute approximate surface area is 123 Å². The highest BCUT2D eigenvalue weighted by Crippen LogP contribution is 2.34. The van der Waals surface area contributed by atoms with Crippen LogP contribution in [0.4, 0.5) is 0 Å². The monoisotopic (exact) mass is 294 g/mol. The van der Waals surface area contributed by atoms with Crippen LogP contribution in [-0.2, 0) is 13.6 Å². The van der Waals surface area contributed by atoms with Crippen LogP contribution in [-0.4, -0.2) is 34.0 Å². The van der Waals surface area contributed by atoms with E-state index < -0.39 is 8.56 Å². The zero-order valence-electron chi connectivity index (χ0n) is 13.2. The second-order valence-corrected chi connectivity index (χ2v) is 9.21. The Kier molecular flexibility index (Phi) is 5.02. The van der Waals surface area contributed by atoms with Crippen LogP contribution in [0.3, 0.4) is 0 Å². The Balaban J connectivity index is 2.46. The highest BCUT2D eigenvalue weighted by Gasteiger charge is 2.53. The van der Waals surface area contributed by atoms with Crippen molar-refractivity contribution in [2.45, 2.75) is 52.4 Å². The lowest BCUT2D eigenvalue weighted by Crippen LogP contribution is -2.64. The van der Waals surface area contributed by atoms with Crippen molar-refractivity contribution >= 4 is 13.7 Å². The number of ether oxygens (including phenoxy) is 1. The van der Waals surface area contributed by atoms with E-state index in [-0.39, 0.29) is 12.2 Å². The fourth-order valence-electron chi connectivity index (χ4n) is 2.69. The van der Waals surface area contributed by atoms with Gasteiger partial charge in [-0.25, -0.2) is 0 Å². The molecule has 0 atom stereocenters. The van der Waals surface area contributed by atoms with Gasteiger partial charge < -0.3 is 13.6 Å². The summed E-state index contributed by atoms with van der Waals surface area (Å²) in [7, 11) is -2.48. The van der Waals surface area contributed by atoms with Crippen LogP contribution < -0.4 is 5.19 Å². The Bertz CT molecular complexity index is 431. The van der Waals surface area contributed by atoms with E-state index in [2.05, 4.69) is 58.9 Å². The molecule has 1 aromatic carbocycles. The Morgan fingerprint density at radius 3 is 2.00 bits per heavy atom. The molecule has 0 aliphatic carbocycles. The zero-order chi connectivity index (χ0) is 14.8. The van der Waals surface area contributed by atoms with Gasteiger partial charge in [-0.1, -0.05) is 24.3 Å². The number of hydrogen-bond acceptors (Lipinski definition) is 3. The summed E-state index contributed by atoms with van der Waals surface area (Å²) in [6.45, 7) is 12.0. The van der Waals surface area contributed by atoms with Crippen molar-refractivity contribution in [2.24, 2.45) is 0 Å². The average Bonchev–Trinajstić information content (AvgIpc) is 2.24. The molecular formula is C16H26O3Si. The van der Waals surface area contributed by atoms with E-state index in [4.69, 9.17) is 13.6 Å². The third kappa shape index (κ3) is 3.14. The normalized spacial score (nSPS) is 16.8. The first-order valence-electron chi connectivity index (χ1n) is 7.45. The minimum absolute atomic E-state index is 0.153. The van der Waals surface area contributed by atoms with Crippen LogP contribution in [0.2, 0.25) is 5.54 Å². The summed E-state index contributed by atoms with van der Waals surface area (Å²) in [5.41, 5.74) is 1.64. The molecule has 0 unspecified atom stereocenters. The Hall–Kier alpha value is -0.683. The first-order chi connectivity index (χ1) is 9.45. The van der Waals surface area contributed by atoms with Crippen LogP contribution >= 0.6 is 0 Å². The lowest BCUT2D eigenvalue weighted by molar-refractivity contribution is -0.000543. The van der Waals surface area contributed by atoms with Gasteiger partial charge in [0, 0.05) is 12.2 Å². The van der Waals surface area contributed by atoms with Gasteiger partial charge in [0.2, 0.25) is 0 Å². The molecule has 0 radical (unpaired) electrons. The molecule has 112 valence electrons. The molecule has 0 bridgehead atoms. The van der Waals surface area contributed by atoms with Crippen LogP contribution in [0.1, 0.15) is 33.3 Å². The summed E-state index contributed by atoms with van der Waals surface area (Å²) >= 11 is 0. The third-order valence-electron chi connectivity index (χ3n) is 3.52. The Morgan fingerprint density at radius 1 is 1.05 bits per heavy atom. The SMILES string of the molecule is Cc1ccccc1[Si](OC(C)C)(OC(C)C)C1COC1. The second-order valence-electron chi connectivity index (χ2n) is 6.05. The van der Waals surface area contributed by atoms with Crippen LogP contribution in [0.25, 0.3) is 0 Å². The molecule has 0 saturated carbocycles. The largest absolute Gasteiger partial charge is 0.388 e. The van der Waals surface area contributed by atoms with E-state index in [1.165, 1.54) is 10.8 Å². The summed E-state index contributed by atoms with van der Waals surface area (Å²) in [6.07, 6.45) is 0.307. The van der Waals surface area contributed by atoms with E-state index in [1.807, 2.05) is 0 Å². The maximum atomic E-state index is 6.46. The maximum Gasteiger partial charge on any atom is 0.381 e. The van der Waals surface area contributed by atoms with Crippen molar-refractivity contribution in [3.8, 4) is 0 Å². The van der Waals surface area contributed by atoms with Gasteiger partial charge in [-0.2, -0.15) is 0 Å². The zero-order valence-corrected chi connectivity index (χ0v) is 14.2. The quantitative estimate of drug-likeness (QED) is 0.755. The topological polar surface area (TPSA) is 27.7 Å². The smallest absolute Gasteiger partial charge is 0.381 e. The van der Waals surface area contributed by atoms with Gasteiger partial charge >= 0.3 is 8.56 Å². The number of rotatable bonds is 6. The van der Waals surface area contributed by atoms with E-state index >= 15 is 0 Å². The van der Waals surface area contributed by atoms with Crippen LogP contribution in [0.15, 0.2) is 24.3 Å². The van der Waals surface area contributed by atoms with Gasteiger partial charge in [-0.3, -0.25) is 0 Å². The van der Waals surface area contributed by atoms with Crippen molar-refractivity contribution in [3.05, 3.63) is 29.8 Å². The molecule has 1 aliphatic heterocycles. The van der Waals surface area contributed by atoms with Crippen molar-refractivity contribution in [1.29, 1.82) is 0 Å². The highest BCUT2D eigenvalue weighted by atomic mass is 28.4. The highest BCUT2D eigenvalue weighted by molar-refractivity contribution is 6.83. The summed E-state index contributed by atoms with van der Waals surface area (Å²) < 4.78 is 18.4. The van der Waals surface area contributed by atoms with Gasteiger partial charge in [-0.05, 0) is 45.4 Å². The van der Waals surface area contributed by atoms with E-state index in [1.54, 1.807) is 0 Å². The lowest BCUT2D eigenvalue weighted by atomic mass is 10.2. The molecule has 0 aromatic heterocycles. The number of hydrogen-bond donors (Lipinski definition) is 0. The first-order valence-corrected chi connectivity index (χ1v) is 9.34. The summed E-state index contributed by atoms with van der Waals surface area (Å²) in [5.74, 6) is 0. The second kappa shape index (κ2) is 6.39. The van der Waals surface area contributed by atoms with Crippen LogP contribution in [0.5, 0.6) is 0 Å². The molecule has 4 heteroatoms. The Morgan fingerprint density at radius 2 is 1.60 bits per heavy atom. The van der Waals surface area contributed by atoms with Crippen molar-refractivity contribution in [2.75, 3.05) is 13.2 Å². The van der Waals surface area contributed by atoms with E-state index in [0.29, 0.717) is 5.54 Å². The fourth-order valence-corrected chi connectivity index (χ4v) is 6.86. The van der Waals surface area contributed by atoms with Gasteiger partial charge in [0.1, 0.15) is 0 Å². The fraction of sp³-hybridized carbons (Fsp3) is 0.625. The van der Waals surface area contributed by atoms with E-state index in [0.717, 1.165) is 13.2 Å². The summed E-state index contributed by atoms with van der Waals surface area (Å²) in [4.78, 5) is 0. The molecule has 1 aliphatic rings. The summed E-state index contributed by atoms with van der Waals surface area (Å²) in [5, 5.41) is 1.26. The van der Waals surface area contributed by atoms with Crippen LogP contribution in [0, 0.1) is 6.92 Å². The molecular weight excluding hydrogens is 268 g/mol. The number of aryl methyl sites for hydroxylation is 1. The molecule has 20 heavy (non-hydrogen) atoms. The van der Waals surface area contributed by atoms with Crippen molar-refractivity contribution in [1.82, 2.24) is 0 Å². The summed E-state index contributed by atoms with van der Waals surface area (Å²) in [6, 6.07) is 8.46. The van der Waals surface area contributed by atoms with Crippen molar-refractivity contribution < 1.29 is 13.6 Å².